The number of aromatic nitrogens is 3. The van der Waals surface area contributed by atoms with E-state index in [-0.39, 0.29) is 5.91 Å². The minimum Gasteiger partial charge on any atom is -0.335 e. The number of likely N-dealkylation sites (tertiary alicyclic amines) is 1. The molecule has 1 saturated heterocycles. The van der Waals surface area contributed by atoms with Crippen LogP contribution in [0.5, 0.6) is 0 Å². The molecule has 0 radical (unpaired) electrons. The van der Waals surface area contributed by atoms with Crippen molar-refractivity contribution >= 4 is 5.91 Å². The molecule has 21 heavy (non-hydrogen) atoms. The Morgan fingerprint density at radius 3 is 2.24 bits per heavy atom. The highest BCUT2D eigenvalue weighted by Crippen LogP contribution is 2.30. The van der Waals surface area contributed by atoms with Crippen LogP contribution in [0.2, 0.25) is 0 Å². The summed E-state index contributed by atoms with van der Waals surface area (Å²) in [6.45, 7) is 7.41. The van der Waals surface area contributed by atoms with Crippen molar-refractivity contribution in [2.75, 3.05) is 6.54 Å². The van der Waals surface area contributed by atoms with Gasteiger partial charge < -0.3 is 4.90 Å². The number of rotatable bonds is 2. The number of hydrogen-bond acceptors (Lipinski definition) is 3. The Labute approximate surface area is 124 Å². The number of amides is 1. The van der Waals surface area contributed by atoms with Crippen LogP contribution in [0, 0.1) is 11.8 Å². The van der Waals surface area contributed by atoms with Crippen LogP contribution < -0.4 is 0 Å². The van der Waals surface area contributed by atoms with Gasteiger partial charge in [0.15, 0.2) is 0 Å². The first kappa shape index (κ1) is 13.8. The molecule has 0 saturated carbocycles. The summed E-state index contributed by atoms with van der Waals surface area (Å²) in [6.07, 6.45) is 3.28. The van der Waals surface area contributed by atoms with Gasteiger partial charge in [0.25, 0.3) is 5.91 Å². The van der Waals surface area contributed by atoms with Crippen molar-refractivity contribution in [3.05, 3.63) is 42.5 Å². The zero-order valence-electron chi connectivity index (χ0n) is 12.6. The van der Waals surface area contributed by atoms with Crippen LogP contribution in [-0.4, -0.2) is 38.2 Å². The molecule has 1 aromatic carbocycles. The predicted molar refractivity (Wildman–Crippen MR) is 80.2 cm³/mol. The van der Waals surface area contributed by atoms with Crippen molar-refractivity contribution in [3.63, 3.8) is 0 Å². The van der Waals surface area contributed by atoms with Crippen LogP contribution in [0.1, 0.15) is 31.1 Å². The molecule has 2 heterocycles. The Hall–Kier alpha value is -2.17. The molecule has 0 N–H and O–H groups in total. The molecule has 1 aliphatic heterocycles. The SMILES string of the molecule is CC1CN(C(=O)c2ccc(-n3cnnc3)cc2)C(C)C1C. The Morgan fingerprint density at radius 1 is 1.10 bits per heavy atom. The molecule has 1 amide bonds. The molecule has 1 aromatic heterocycles. The molecule has 0 aliphatic carbocycles. The fourth-order valence-electron chi connectivity index (χ4n) is 2.95. The summed E-state index contributed by atoms with van der Waals surface area (Å²) in [5, 5.41) is 7.57. The van der Waals surface area contributed by atoms with Gasteiger partial charge >= 0.3 is 0 Å². The summed E-state index contributed by atoms with van der Waals surface area (Å²) in [5.41, 5.74) is 1.69. The second-order valence-corrected chi connectivity index (χ2v) is 5.95. The smallest absolute Gasteiger partial charge is 0.254 e. The second-order valence-electron chi connectivity index (χ2n) is 5.95. The van der Waals surface area contributed by atoms with Crippen molar-refractivity contribution in [2.24, 2.45) is 11.8 Å². The van der Waals surface area contributed by atoms with Gasteiger partial charge in [0.2, 0.25) is 0 Å². The van der Waals surface area contributed by atoms with Gasteiger partial charge in [0.1, 0.15) is 12.7 Å². The molecule has 0 bridgehead atoms. The Bertz CT molecular complexity index is 620. The summed E-state index contributed by atoms with van der Waals surface area (Å²) in [4.78, 5) is 14.6. The van der Waals surface area contributed by atoms with Gasteiger partial charge in [0, 0.05) is 23.8 Å². The van der Waals surface area contributed by atoms with Crippen molar-refractivity contribution in [3.8, 4) is 5.69 Å². The standard InChI is InChI=1S/C16H20N4O/c1-11-8-20(13(3)12(11)2)16(21)14-4-6-15(7-5-14)19-9-17-18-10-19/h4-7,9-13H,8H2,1-3H3. The maximum Gasteiger partial charge on any atom is 0.254 e. The number of hydrogen-bond donors (Lipinski definition) is 0. The summed E-state index contributed by atoms with van der Waals surface area (Å²) in [7, 11) is 0. The van der Waals surface area contributed by atoms with E-state index in [0.29, 0.717) is 17.9 Å². The lowest BCUT2D eigenvalue weighted by Gasteiger charge is -2.23. The molecule has 3 rings (SSSR count). The normalized spacial score (nSPS) is 25.3. The topological polar surface area (TPSA) is 51.0 Å². The first-order valence-corrected chi connectivity index (χ1v) is 7.34. The van der Waals surface area contributed by atoms with Gasteiger partial charge in [-0.15, -0.1) is 10.2 Å². The fraction of sp³-hybridized carbons (Fsp3) is 0.438. The minimum absolute atomic E-state index is 0.119. The highest BCUT2D eigenvalue weighted by atomic mass is 16.2. The second kappa shape index (κ2) is 5.31. The van der Waals surface area contributed by atoms with E-state index in [1.807, 2.05) is 33.7 Å². The number of benzene rings is 1. The van der Waals surface area contributed by atoms with Gasteiger partial charge in [-0.2, -0.15) is 0 Å². The summed E-state index contributed by atoms with van der Waals surface area (Å²) < 4.78 is 1.82. The molecule has 0 spiro atoms. The van der Waals surface area contributed by atoms with Crippen LogP contribution in [0.15, 0.2) is 36.9 Å². The average Bonchev–Trinajstić information content (AvgIpc) is 3.12. The van der Waals surface area contributed by atoms with Crippen LogP contribution >= 0.6 is 0 Å². The summed E-state index contributed by atoms with van der Waals surface area (Å²) in [5.74, 6) is 1.22. The maximum absolute atomic E-state index is 12.6. The van der Waals surface area contributed by atoms with Gasteiger partial charge in [-0.1, -0.05) is 13.8 Å². The van der Waals surface area contributed by atoms with Gasteiger partial charge in [-0.25, -0.2) is 0 Å². The van der Waals surface area contributed by atoms with E-state index < -0.39 is 0 Å². The maximum atomic E-state index is 12.6. The predicted octanol–water partition coefficient (Wildman–Crippen LogP) is 2.38. The Morgan fingerprint density at radius 2 is 1.71 bits per heavy atom. The Kier molecular flexibility index (Phi) is 3.49. The lowest BCUT2D eigenvalue weighted by Crippen LogP contribution is -2.35. The monoisotopic (exact) mass is 284 g/mol. The zero-order valence-corrected chi connectivity index (χ0v) is 12.6. The van der Waals surface area contributed by atoms with Crippen LogP contribution in [0.25, 0.3) is 5.69 Å². The first-order valence-electron chi connectivity index (χ1n) is 7.34. The summed E-state index contributed by atoms with van der Waals surface area (Å²) in [6, 6.07) is 7.88. The van der Waals surface area contributed by atoms with Gasteiger partial charge in [-0.3, -0.25) is 9.36 Å². The zero-order chi connectivity index (χ0) is 15.0. The quantitative estimate of drug-likeness (QED) is 0.851. The highest BCUT2D eigenvalue weighted by Gasteiger charge is 2.36. The third-order valence-electron chi connectivity index (χ3n) is 4.73. The molecule has 3 atom stereocenters. The number of carbonyl (C=O) groups is 1. The van der Waals surface area contributed by atoms with Crippen molar-refractivity contribution in [2.45, 2.75) is 26.8 Å². The molecule has 3 unspecified atom stereocenters. The van der Waals surface area contributed by atoms with E-state index in [1.54, 1.807) is 12.7 Å². The van der Waals surface area contributed by atoms with E-state index in [9.17, 15) is 4.79 Å². The molecule has 5 heteroatoms. The summed E-state index contributed by atoms with van der Waals surface area (Å²) >= 11 is 0. The van der Waals surface area contributed by atoms with Crippen LogP contribution in [0.4, 0.5) is 0 Å². The molecule has 5 nitrogen and oxygen atoms in total. The van der Waals surface area contributed by atoms with Gasteiger partial charge in [0.05, 0.1) is 0 Å². The molecular formula is C16H20N4O. The van der Waals surface area contributed by atoms with E-state index in [0.717, 1.165) is 17.8 Å². The number of carbonyl (C=O) groups excluding carboxylic acids is 1. The minimum atomic E-state index is 0.119. The molecule has 1 fully saturated rings. The van der Waals surface area contributed by atoms with Crippen molar-refractivity contribution in [1.82, 2.24) is 19.7 Å². The highest BCUT2D eigenvalue weighted by molar-refractivity contribution is 5.94. The van der Waals surface area contributed by atoms with E-state index in [4.69, 9.17) is 0 Å². The third-order valence-corrected chi connectivity index (χ3v) is 4.73. The lowest BCUT2D eigenvalue weighted by molar-refractivity contribution is 0.0733. The average molecular weight is 284 g/mol. The van der Waals surface area contributed by atoms with Crippen molar-refractivity contribution < 1.29 is 4.79 Å². The largest absolute Gasteiger partial charge is 0.335 e. The lowest BCUT2D eigenvalue weighted by atomic mass is 9.95. The molecular weight excluding hydrogens is 264 g/mol. The van der Waals surface area contributed by atoms with Crippen molar-refractivity contribution in [1.29, 1.82) is 0 Å². The molecule has 2 aromatic rings. The third kappa shape index (κ3) is 2.44. The first-order chi connectivity index (χ1) is 10.1. The van der Waals surface area contributed by atoms with Crippen LogP contribution in [-0.2, 0) is 0 Å². The van der Waals surface area contributed by atoms with E-state index in [2.05, 4.69) is 31.0 Å². The van der Waals surface area contributed by atoms with Crippen LogP contribution in [0.3, 0.4) is 0 Å². The van der Waals surface area contributed by atoms with E-state index in [1.165, 1.54) is 0 Å². The van der Waals surface area contributed by atoms with E-state index >= 15 is 0 Å². The molecule has 110 valence electrons. The number of nitrogens with zero attached hydrogens (tertiary/aromatic N) is 4. The van der Waals surface area contributed by atoms with Gasteiger partial charge in [-0.05, 0) is 43.0 Å². The fourth-order valence-corrected chi connectivity index (χ4v) is 2.95. The molecule has 1 aliphatic rings. The Balaban J connectivity index is 1.80.